The minimum Gasteiger partial charge on any atom is -0.501 e. The number of likely N-dealkylation sites (tertiary alicyclic amines) is 1. The van der Waals surface area contributed by atoms with E-state index in [-0.39, 0.29) is 0 Å². The molecule has 0 saturated carbocycles. The van der Waals surface area contributed by atoms with Crippen molar-refractivity contribution in [3.63, 3.8) is 0 Å². The average molecular weight is 503 g/mol. The number of ether oxygens (including phenoxy) is 1. The third-order valence-corrected chi connectivity index (χ3v) is 6.89. The van der Waals surface area contributed by atoms with E-state index in [2.05, 4.69) is 37.3 Å². The first-order valence-electron chi connectivity index (χ1n) is 10.7. The lowest BCUT2D eigenvalue weighted by Crippen LogP contribution is -2.40. The Balaban J connectivity index is 1.34. The summed E-state index contributed by atoms with van der Waals surface area (Å²) in [6.07, 6.45) is 8.26. The van der Waals surface area contributed by atoms with Crippen LogP contribution in [0.25, 0.3) is 16.9 Å². The van der Waals surface area contributed by atoms with E-state index in [9.17, 15) is 0 Å². The molecule has 1 N–H and O–H groups in total. The Bertz CT molecular complexity index is 1100. The summed E-state index contributed by atoms with van der Waals surface area (Å²) in [4.78, 5) is 7.36. The molecule has 2 aromatic heterocycles. The Labute approximate surface area is 195 Å². The normalized spacial score (nSPS) is 21.5. The fourth-order valence-corrected chi connectivity index (χ4v) is 5.03. The Morgan fingerprint density at radius 2 is 2.19 bits per heavy atom. The molecule has 1 aromatic carbocycles. The summed E-state index contributed by atoms with van der Waals surface area (Å²) >= 11 is 10.0. The number of fused-ring (bicyclic) bond motifs is 1. The van der Waals surface area contributed by atoms with Crippen LogP contribution in [-0.4, -0.2) is 52.3 Å². The van der Waals surface area contributed by atoms with E-state index in [1.54, 1.807) is 6.20 Å². The minimum atomic E-state index is 0.520. The molecule has 2 unspecified atom stereocenters. The molecule has 0 aliphatic carbocycles. The molecule has 162 valence electrons. The van der Waals surface area contributed by atoms with Crippen molar-refractivity contribution in [2.75, 3.05) is 38.1 Å². The van der Waals surface area contributed by atoms with Crippen molar-refractivity contribution in [1.29, 1.82) is 0 Å². The van der Waals surface area contributed by atoms with Crippen molar-refractivity contribution in [2.24, 2.45) is 11.8 Å². The van der Waals surface area contributed by atoms with E-state index in [1.807, 2.05) is 41.1 Å². The monoisotopic (exact) mass is 501 g/mol. The molecule has 1 saturated heterocycles. The van der Waals surface area contributed by atoms with Gasteiger partial charge in [-0.25, -0.2) is 4.98 Å². The third kappa shape index (κ3) is 4.59. The quantitative estimate of drug-likeness (QED) is 0.508. The molecule has 2 aliphatic rings. The van der Waals surface area contributed by atoms with Crippen molar-refractivity contribution in [3.8, 4) is 11.3 Å². The topological polar surface area (TPSA) is 54.7 Å². The molecule has 0 amide bonds. The summed E-state index contributed by atoms with van der Waals surface area (Å²) in [5.74, 6) is 2.03. The maximum absolute atomic E-state index is 6.45. The zero-order valence-corrected chi connectivity index (χ0v) is 19.5. The van der Waals surface area contributed by atoms with Gasteiger partial charge in [0.25, 0.3) is 0 Å². The highest BCUT2D eigenvalue weighted by molar-refractivity contribution is 9.10. The van der Waals surface area contributed by atoms with Gasteiger partial charge in [0.05, 0.1) is 29.2 Å². The lowest BCUT2D eigenvalue weighted by molar-refractivity contribution is 0.147. The lowest BCUT2D eigenvalue weighted by Gasteiger charge is -2.34. The Hall–Kier alpha value is -2.09. The van der Waals surface area contributed by atoms with Gasteiger partial charge >= 0.3 is 0 Å². The summed E-state index contributed by atoms with van der Waals surface area (Å²) in [5.41, 5.74) is 2.52. The van der Waals surface area contributed by atoms with E-state index in [1.165, 1.54) is 19.4 Å². The van der Waals surface area contributed by atoms with Crippen molar-refractivity contribution in [3.05, 3.63) is 58.4 Å². The Morgan fingerprint density at radius 1 is 1.29 bits per heavy atom. The number of rotatable bonds is 6. The first-order chi connectivity index (χ1) is 15.2. The lowest BCUT2D eigenvalue weighted by atomic mass is 9.97. The van der Waals surface area contributed by atoms with Crippen LogP contribution >= 0.6 is 27.5 Å². The largest absolute Gasteiger partial charge is 0.501 e. The van der Waals surface area contributed by atoms with Crippen LogP contribution < -0.4 is 5.32 Å². The number of nitrogens with zero attached hydrogens (tertiary/aromatic N) is 4. The Morgan fingerprint density at radius 3 is 3.03 bits per heavy atom. The second kappa shape index (κ2) is 9.18. The average Bonchev–Trinajstić information content (AvgIpc) is 3.43. The van der Waals surface area contributed by atoms with Crippen LogP contribution in [0.15, 0.2) is 53.3 Å². The minimum absolute atomic E-state index is 0.520. The van der Waals surface area contributed by atoms with Gasteiger partial charge in [-0.3, -0.25) is 0 Å². The number of aromatic nitrogens is 3. The number of hydrogen-bond donors (Lipinski definition) is 1. The van der Waals surface area contributed by atoms with Crippen LogP contribution in [0.3, 0.4) is 0 Å². The maximum Gasteiger partial charge on any atom is 0.172 e. The molecule has 4 heterocycles. The summed E-state index contributed by atoms with van der Waals surface area (Å²) in [7, 11) is 0. The predicted molar refractivity (Wildman–Crippen MR) is 127 cm³/mol. The second-order valence-electron chi connectivity index (χ2n) is 8.31. The molecule has 0 spiro atoms. The number of hydrogen-bond acceptors (Lipinski definition) is 5. The van der Waals surface area contributed by atoms with E-state index in [0.717, 1.165) is 53.4 Å². The van der Waals surface area contributed by atoms with Crippen LogP contribution in [0.1, 0.15) is 12.8 Å². The summed E-state index contributed by atoms with van der Waals surface area (Å²) in [6, 6.07) is 9.83. The van der Waals surface area contributed by atoms with Crippen molar-refractivity contribution in [2.45, 2.75) is 12.8 Å². The van der Waals surface area contributed by atoms with Gasteiger partial charge in [0.1, 0.15) is 5.82 Å². The Kier molecular flexibility index (Phi) is 6.16. The molecule has 2 atom stereocenters. The van der Waals surface area contributed by atoms with Gasteiger partial charge in [-0.2, -0.15) is 9.61 Å². The second-order valence-corrected chi connectivity index (χ2v) is 9.57. The molecule has 0 bridgehead atoms. The van der Waals surface area contributed by atoms with E-state index < -0.39 is 0 Å². The standard InChI is InChI=1S/C23H25BrClN5O/c24-19-12-27-30-22(10-21(28-23(19)30)18-5-1-2-6-20(18)25)26-11-16-4-3-8-29(13-16)14-17-7-9-31-15-17/h1-2,5-7,9-10,12,16-17,26H,3-4,8,11,13-15H2. The van der Waals surface area contributed by atoms with Gasteiger partial charge in [-0.15, -0.1) is 0 Å². The number of halogens is 2. The summed E-state index contributed by atoms with van der Waals surface area (Å²) in [5, 5.41) is 8.84. The molecular weight excluding hydrogens is 478 g/mol. The molecule has 5 rings (SSSR count). The van der Waals surface area contributed by atoms with Crippen LogP contribution in [0.5, 0.6) is 0 Å². The van der Waals surface area contributed by atoms with Gasteiger partial charge in [0.15, 0.2) is 5.65 Å². The van der Waals surface area contributed by atoms with Crippen molar-refractivity contribution in [1.82, 2.24) is 19.5 Å². The number of piperidine rings is 1. The number of anilines is 1. The van der Waals surface area contributed by atoms with Gasteiger partial charge < -0.3 is 15.0 Å². The fraction of sp³-hybridized carbons (Fsp3) is 0.391. The predicted octanol–water partition coefficient (Wildman–Crippen LogP) is 5.10. The first kappa shape index (κ1) is 20.8. The van der Waals surface area contributed by atoms with Gasteiger partial charge in [0.2, 0.25) is 0 Å². The zero-order valence-electron chi connectivity index (χ0n) is 17.2. The van der Waals surface area contributed by atoms with E-state index >= 15 is 0 Å². The summed E-state index contributed by atoms with van der Waals surface area (Å²) in [6.45, 7) is 5.06. The van der Waals surface area contributed by atoms with Crippen LogP contribution in [0.4, 0.5) is 5.82 Å². The molecule has 6 nitrogen and oxygen atoms in total. The fourth-order valence-electron chi connectivity index (χ4n) is 4.45. The molecule has 2 aliphatic heterocycles. The number of nitrogens with one attached hydrogen (secondary N) is 1. The SMILES string of the molecule is Clc1ccccc1-c1cc(NCC2CCCN(CC3C=COC3)C2)n2ncc(Br)c2n1. The molecule has 8 heteroatoms. The first-order valence-corrected chi connectivity index (χ1v) is 11.9. The zero-order chi connectivity index (χ0) is 21.2. The highest BCUT2D eigenvalue weighted by Crippen LogP contribution is 2.30. The van der Waals surface area contributed by atoms with Gasteiger partial charge in [0, 0.05) is 42.2 Å². The third-order valence-electron chi connectivity index (χ3n) is 6.00. The molecule has 31 heavy (non-hydrogen) atoms. The van der Waals surface area contributed by atoms with Crippen LogP contribution in [0, 0.1) is 11.8 Å². The highest BCUT2D eigenvalue weighted by atomic mass is 79.9. The van der Waals surface area contributed by atoms with Crippen LogP contribution in [-0.2, 0) is 4.74 Å². The molecular formula is C23H25BrClN5O. The summed E-state index contributed by atoms with van der Waals surface area (Å²) < 4.78 is 8.10. The van der Waals surface area contributed by atoms with Gasteiger partial charge in [-0.1, -0.05) is 29.8 Å². The maximum atomic E-state index is 6.45. The van der Waals surface area contributed by atoms with Gasteiger partial charge in [-0.05, 0) is 53.4 Å². The smallest absolute Gasteiger partial charge is 0.172 e. The van der Waals surface area contributed by atoms with Crippen molar-refractivity contribution >= 4 is 39.0 Å². The van der Waals surface area contributed by atoms with E-state index in [0.29, 0.717) is 16.9 Å². The van der Waals surface area contributed by atoms with Crippen LogP contribution in [0.2, 0.25) is 5.02 Å². The molecule has 0 radical (unpaired) electrons. The molecule has 1 fully saturated rings. The van der Waals surface area contributed by atoms with E-state index in [4.69, 9.17) is 21.3 Å². The van der Waals surface area contributed by atoms with Crippen molar-refractivity contribution < 1.29 is 4.74 Å². The number of benzene rings is 1. The highest BCUT2D eigenvalue weighted by Gasteiger charge is 2.23. The molecule has 3 aromatic rings.